The molecule has 1 aromatic rings. The Labute approximate surface area is 150 Å². The number of rotatable bonds is 7. The lowest BCUT2D eigenvalue weighted by molar-refractivity contribution is 0.0491. The standard InChI is InChI=1S/C21H29NO3/c1-4-12-21(2,24)14-16-8-7-9-17(13-16)15-22-19-11-6-5-10-18(19)20(23)25-3/h5-6,8,10-11,15,17,24H,4,7,9,12-14H2,1-3H3. The summed E-state index contributed by atoms with van der Waals surface area (Å²) in [5, 5.41) is 10.5. The Morgan fingerprint density at radius 1 is 1.44 bits per heavy atom. The number of aliphatic hydroxyl groups is 1. The molecule has 0 radical (unpaired) electrons. The van der Waals surface area contributed by atoms with Crippen molar-refractivity contribution in [3.8, 4) is 0 Å². The van der Waals surface area contributed by atoms with E-state index in [9.17, 15) is 9.90 Å². The minimum absolute atomic E-state index is 0.336. The van der Waals surface area contributed by atoms with Crippen LogP contribution in [0.25, 0.3) is 0 Å². The van der Waals surface area contributed by atoms with Crippen LogP contribution in [0.2, 0.25) is 0 Å². The maximum Gasteiger partial charge on any atom is 0.340 e. The first-order valence-electron chi connectivity index (χ1n) is 9.07. The van der Waals surface area contributed by atoms with E-state index in [-0.39, 0.29) is 5.97 Å². The quantitative estimate of drug-likeness (QED) is 0.438. The van der Waals surface area contributed by atoms with Crippen molar-refractivity contribution >= 4 is 17.9 Å². The molecule has 1 aliphatic carbocycles. The summed E-state index contributed by atoms with van der Waals surface area (Å²) in [6, 6.07) is 7.23. The van der Waals surface area contributed by atoms with Crippen LogP contribution in [0, 0.1) is 5.92 Å². The number of nitrogens with zero attached hydrogens (tertiary/aromatic N) is 1. The van der Waals surface area contributed by atoms with E-state index in [1.165, 1.54) is 12.7 Å². The molecule has 0 saturated carbocycles. The number of esters is 1. The largest absolute Gasteiger partial charge is 0.465 e. The molecule has 4 nitrogen and oxygen atoms in total. The number of allylic oxidation sites excluding steroid dienone is 1. The fourth-order valence-corrected chi connectivity index (χ4v) is 3.47. The van der Waals surface area contributed by atoms with Gasteiger partial charge in [-0.2, -0.15) is 0 Å². The molecule has 0 fully saturated rings. The van der Waals surface area contributed by atoms with Crippen molar-refractivity contribution in [2.45, 2.75) is 58.0 Å². The summed E-state index contributed by atoms with van der Waals surface area (Å²) in [5.74, 6) is -0.0317. The predicted molar refractivity (Wildman–Crippen MR) is 102 cm³/mol. The second kappa shape index (κ2) is 8.95. The molecule has 1 aliphatic rings. The molecule has 0 aromatic heterocycles. The van der Waals surface area contributed by atoms with Crippen molar-refractivity contribution < 1.29 is 14.6 Å². The van der Waals surface area contributed by atoms with Gasteiger partial charge in [-0.1, -0.05) is 37.1 Å². The summed E-state index contributed by atoms with van der Waals surface area (Å²) in [6.45, 7) is 4.01. The van der Waals surface area contributed by atoms with E-state index in [0.717, 1.165) is 38.5 Å². The highest BCUT2D eigenvalue weighted by Crippen LogP contribution is 2.31. The molecule has 2 rings (SSSR count). The van der Waals surface area contributed by atoms with Crippen LogP contribution in [0.3, 0.4) is 0 Å². The first-order chi connectivity index (χ1) is 11.9. The zero-order chi connectivity index (χ0) is 18.3. The van der Waals surface area contributed by atoms with Gasteiger partial charge in [0.2, 0.25) is 0 Å². The monoisotopic (exact) mass is 343 g/mol. The molecule has 2 unspecified atom stereocenters. The fourth-order valence-electron chi connectivity index (χ4n) is 3.47. The lowest BCUT2D eigenvalue weighted by atomic mass is 9.83. The van der Waals surface area contributed by atoms with E-state index in [1.807, 2.05) is 31.3 Å². The van der Waals surface area contributed by atoms with Gasteiger partial charge in [0.1, 0.15) is 0 Å². The third-order valence-electron chi connectivity index (χ3n) is 4.63. The smallest absolute Gasteiger partial charge is 0.340 e. The lowest BCUT2D eigenvalue weighted by Crippen LogP contribution is -2.25. The Morgan fingerprint density at radius 3 is 2.92 bits per heavy atom. The summed E-state index contributed by atoms with van der Waals surface area (Å²) < 4.78 is 4.81. The van der Waals surface area contributed by atoms with E-state index in [4.69, 9.17) is 4.74 Å². The van der Waals surface area contributed by atoms with Gasteiger partial charge in [0.25, 0.3) is 0 Å². The van der Waals surface area contributed by atoms with Crippen LogP contribution in [-0.2, 0) is 4.74 Å². The van der Waals surface area contributed by atoms with Crippen LogP contribution in [0.4, 0.5) is 5.69 Å². The maximum atomic E-state index is 11.8. The number of methoxy groups -OCH3 is 1. The average Bonchev–Trinajstić information content (AvgIpc) is 2.59. The lowest BCUT2D eigenvalue weighted by Gasteiger charge is -2.27. The normalized spacial score (nSPS) is 20.2. The van der Waals surface area contributed by atoms with Gasteiger partial charge in [-0.05, 0) is 57.1 Å². The Hall–Kier alpha value is -1.94. The number of ether oxygens (including phenoxy) is 1. The van der Waals surface area contributed by atoms with Crippen molar-refractivity contribution in [3.63, 3.8) is 0 Å². The minimum Gasteiger partial charge on any atom is -0.465 e. The molecule has 4 heteroatoms. The maximum absolute atomic E-state index is 11.8. The van der Waals surface area contributed by atoms with Crippen molar-refractivity contribution in [2.75, 3.05) is 7.11 Å². The molecule has 25 heavy (non-hydrogen) atoms. The molecular weight excluding hydrogens is 314 g/mol. The number of hydrogen-bond donors (Lipinski definition) is 1. The number of para-hydroxylation sites is 1. The van der Waals surface area contributed by atoms with Crippen LogP contribution in [0.15, 0.2) is 40.9 Å². The molecule has 0 aliphatic heterocycles. The number of carbonyl (C=O) groups is 1. The first-order valence-corrected chi connectivity index (χ1v) is 9.07. The second-order valence-corrected chi connectivity index (χ2v) is 7.11. The average molecular weight is 343 g/mol. The molecule has 0 saturated heterocycles. The van der Waals surface area contributed by atoms with Crippen molar-refractivity contribution in [1.29, 1.82) is 0 Å². The Kier molecular flexibility index (Phi) is 6.94. The molecule has 1 aromatic carbocycles. The number of aliphatic imine (C=N–C) groups is 1. The third kappa shape index (κ3) is 5.82. The van der Waals surface area contributed by atoms with E-state index >= 15 is 0 Å². The van der Waals surface area contributed by atoms with Gasteiger partial charge in [0.15, 0.2) is 0 Å². The molecule has 0 amide bonds. The highest BCUT2D eigenvalue weighted by atomic mass is 16.5. The van der Waals surface area contributed by atoms with E-state index in [0.29, 0.717) is 17.2 Å². The Morgan fingerprint density at radius 2 is 2.20 bits per heavy atom. The second-order valence-electron chi connectivity index (χ2n) is 7.11. The summed E-state index contributed by atoms with van der Waals surface area (Å²) in [5.41, 5.74) is 1.81. The van der Waals surface area contributed by atoms with Crippen molar-refractivity contribution in [1.82, 2.24) is 0 Å². The topological polar surface area (TPSA) is 58.9 Å². The zero-order valence-corrected chi connectivity index (χ0v) is 15.5. The van der Waals surface area contributed by atoms with E-state index in [2.05, 4.69) is 18.0 Å². The number of carbonyl (C=O) groups excluding carboxylic acids is 1. The number of hydrogen-bond acceptors (Lipinski definition) is 4. The summed E-state index contributed by atoms with van der Waals surface area (Å²) in [6.07, 6.45) is 9.70. The van der Waals surface area contributed by atoms with Crippen LogP contribution < -0.4 is 0 Å². The molecule has 0 bridgehead atoms. The summed E-state index contributed by atoms with van der Waals surface area (Å²) in [7, 11) is 1.38. The van der Waals surface area contributed by atoms with Gasteiger partial charge >= 0.3 is 5.97 Å². The van der Waals surface area contributed by atoms with Gasteiger partial charge in [-0.25, -0.2) is 4.79 Å². The first kappa shape index (κ1) is 19.4. The molecule has 0 spiro atoms. The molecule has 136 valence electrons. The molecule has 1 N–H and O–H groups in total. The van der Waals surface area contributed by atoms with Crippen molar-refractivity contribution in [2.24, 2.45) is 10.9 Å². The van der Waals surface area contributed by atoms with Crippen LogP contribution in [0.1, 0.15) is 62.7 Å². The molecule has 2 atom stereocenters. The van der Waals surface area contributed by atoms with Gasteiger partial charge in [-0.15, -0.1) is 0 Å². The summed E-state index contributed by atoms with van der Waals surface area (Å²) in [4.78, 5) is 16.4. The Balaban J connectivity index is 2.04. The highest BCUT2D eigenvalue weighted by molar-refractivity contribution is 5.95. The number of benzene rings is 1. The summed E-state index contributed by atoms with van der Waals surface area (Å²) >= 11 is 0. The van der Waals surface area contributed by atoms with Crippen LogP contribution in [0.5, 0.6) is 0 Å². The van der Waals surface area contributed by atoms with Crippen LogP contribution >= 0.6 is 0 Å². The fraction of sp³-hybridized carbons (Fsp3) is 0.524. The van der Waals surface area contributed by atoms with Gasteiger partial charge < -0.3 is 9.84 Å². The third-order valence-corrected chi connectivity index (χ3v) is 4.63. The molecule has 0 heterocycles. The van der Waals surface area contributed by atoms with Gasteiger partial charge in [0, 0.05) is 6.21 Å². The highest BCUT2D eigenvalue weighted by Gasteiger charge is 2.24. The SMILES string of the molecule is CCCC(C)(O)CC1=CCCC(C=Nc2ccccc2C(=O)OC)C1. The minimum atomic E-state index is -0.628. The van der Waals surface area contributed by atoms with Gasteiger partial charge in [0.05, 0.1) is 24.0 Å². The predicted octanol–water partition coefficient (Wildman–Crippen LogP) is 4.84. The molecular formula is C21H29NO3. The van der Waals surface area contributed by atoms with E-state index in [1.54, 1.807) is 6.07 Å². The zero-order valence-electron chi connectivity index (χ0n) is 15.5. The van der Waals surface area contributed by atoms with Crippen LogP contribution in [-0.4, -0.2) is 30.0 Å². The van der Waals surface area contributed by atoms with Gasteiger partial charge in [-0.3, -0.25) is 4.99 Å². The van der Waals surface area contributed by atoms with Crippen molar-refractivity contribution in [3.05, 3.63) is 41.5 Å². The van der Waals surface area contributed by atoms with E-state index < -0.39 is 5.60 Å². The Bertz CT molecular complexity index is 646.